The van der Waals surface area contributed by atoms with Gasteiger partial charge in [0.2, 0.25) is 0 Å². The Morgan fingerprint density at radius 1 is 1.11 bits per heavy atom. The molecular weight excluding hydrogens is 281 g/mol. The minimum absolute atomic E-state index is 0.261. The Labute approximate surface area is 122 Å². The quantitative estimate of drug-likeness (QED) is 0.909. The Morgan fingerprint density at radius 2 is 1.95 bits per heavy atom. The average molecular weight is 294 g/mol. The van der Waals surface area contributed by atoms with E-state index >= 15 is 0 Å². The molecule has 3 rings (SSSR count). The molecule has 1 atom stereocenters. The number of hydrogen-bond acceptors (Lipinski definition) is 2. The molecule has 2 aromatic carbocycles. The van der Waals surface area contributed by atoms with E-state index in [2.05, 4.69) is 6.07 Å². The summed E-state index contributed by atoms with van der Waals surface area (Å²) in [6.07, 6.45) is 0.942. The van der Waals surface area contributed by atoms with Crippen molar-refractivity contribution in [2.24, 2.45) is 5.73 Å². The Morgan fingerprint density at radius 3 is 2.74 bits per heavy atom. The third-order valence-electron chi connectivity index (χ3n) is 3.38. The minimum Gasteiger partial charge on any atom is -0.493 e. The molecule has 0 amide bonds. The number of para-hydroxylation sites is 1. The number of ether oxygens (including phenoxy) is 1. The van der Waals surface area contributed by atoms with Crippen molar-refractivity contribution >= 4 is 23.2 Å². The standard InChI is InChI=1S/C15H13Cl2NO/c16-12-5-4-10(8-13(12)17)14(18)11-3-1-2-9-6-7-19-15(9)11/h1-5,8,14H,6-7,18H2. The number of hydrogen-bond donors (Lipinski definition) is 1. The van der Waals surface area contributed by atoms with Crippen molar-refractivity contribution in [1.82, 2.24) is 0 Å². The van der Waals surface area contributed by atoms with Gasteiger partial charge in [-0.2, -0.15) is 0 Å². The van der Waals surface area contributed by atoms with Crippen molar-refractivity contribution < 1.29 is 4.74 Å². The second kappa shape index (κ2) is 5.04. The number of benzene rings is 2. The first-order valence-corrected chi connectivity index (χ1v) is 6.87. The molecule has 0 saturated carbocycles. The molecule has 0 fully saturated rings. The van der Waals surface area contributed by atoms with Crippen LogP contribution in [0, 0.1) is 0 Å². The van der Waals surface area contributed by atoms with Crippen molar-refractivity contribution in [2.75, 3.05) is 6.61 Å². The SMILES string of the molecule is NC(c1ccc(Cl)c(Cl)c1)c1cccc2c1OCC2. The molecule has 2 nitrogen and oxygen atoms in total. The van der Waals surface area contributed by atoms with Gasteiger partial charge in [0.1, 0.15) is 5.75 Å². The van der Waals surface area contributed by atoms with Crippen molar-refractivity contribution in [2.45, 2.75) is 12.5 Å². The van der Waals surface area contributed by atoms with E-state index in [9.17, 15) is 0 Å². The van der Waals surface area contributed by atoms with Crippen LogP contribution in [0.3, 0.4) is 0 Å². The summed E-state index contributed by atoms with van der Waals surface area (Å²) in [6, 6.07) is 11.3. The summed E-state index contributed by atoms with van der Waals surface area (Å²) in [6.45, 7) is 0.723. The van der Waals surface area contributed by atoms with Crippen molar-refractivity contribution in [3.05, 3.63) is 63.1 Å². The summed E-state index contributed by atoms with van der Waals surface area (Å²) in [7, 11) is 0. The zero-order chi connectivity index (χ0) is 13.4. The Balaban J connectivity index is 2.02. The highest BCUT2D eigenvalue weighted by Crippen LogP contribution is 2.36. The molecule has 0 radical (unpaired) electrons. The van der Waals surface area contributed by atoms with Crippen molar-refractivity contribution in [3.8, 4) is 5.75 Å². The lowest BCUT2D eigenvalue weighted by atomic mass is 9.97. The summed E-state index contributed by atoms with van der Waals surface area (Å²) in [5, 5.41) is 1.05. The van der Waals surface area contributed by atoms with Gasteiger partial charge in [0, 0.05) is 12.0 Å². The topological polar surface area (TPSA) is 35.2 Å². The minimum atomic E-state index is -0.261. The number of nitrogens with two attached hydrogens (primary N) is 1. The number of rotatable bonds is 2. The largest absolute Gasteiger partial charge is 0.493 e. The van der Waals surface area contributed by atoms with Gasteiger partial charge in [-0.15, -0.1) is 0 Å². The molecule has 19 heavy (non-hydrogen) atoms. The van der Waals surface area contributed by atoms with Gasteiger partial charge < -0.3 is 10.5 Å². The van der Waals surface area contributed by atoms with Crippen LogP contribution in [0.2, 0.25) is 10.0 Å². The number of halogens is 2. The number of fused-ring (bicyclic) bond motifs is 1. The van der Waals surface area contributed by atoms with E-state index in [-0.39, 0.29) is 6.04 Å². The highest BCUT2D eigenvalue weighted by Gasteiger charge is 2.21. The van der Waals surface area contributed by atoms with Crippen LogP contribution in [0.1, 0.15) is 22.7 Å². The van der Waals surface area contributed by atoms with Crippen LogP contribution in [-0.2, 0) is 6.42 Å². The maximum atomic E-state index is 6.33. The molecule has 0 bridgehead atoms. The monoisotopic (exact) mass is 293 g/mol. The van der Waals surface area contributed by atoms with E-state index < -0.39 is 0 Å². The molecule has 1 aliphatic rings. The summed E-state index contributed by atoms with van der Waals surface area (Å²) >= 11 is 12.0. The van der Waals surface area contributed by atoms with E-state index in [0.29, 0.717) is 10.0 Å². The lowest BCUT2D eigenvalue weighted by Gasteiger charge is -2.16. The van der Waals surface area contributed by atoms with Gasteiger partial charge >= 0.3 is 0 Å². The van der Waals surface area contributed by atoms with Gasteiger partial charge in [-0.25, -0.2) is 0 Å². The Bertz CT molecular complexity index is 628. The normalized spacial score (nSPS) is 14.9. The summed E-state index contributed by atoms with van der Waals surface area (Å²) in [4.78, 5) is 0. The van der Waals surface area contributed by atoms with Crippen LogP contribution < -0.4 is 10.5 Å². The molecule has 0 saturated heterocycles. The van der Waals surface area contributed by atoms with Gasteiger partial charge in [-0.05, 0) is 23.3 Å². The summed E-state index contributed by atoms with van der Waals surface area (Å²) < 4.78 is 5.69. The van der Waals surface area contributed by atoms with Gasteiger partial charge in [-0.3, -0.25) is 0 Å². The van der Waals surface area contributed by atoms with Crippen LogP contribution >= 0.6 is 23.2 Å². The fourth-order valence-electron chi connectivity index (χ4n) is 2.37. The van der Waals surface area contributed by atoms with Crippen molar-refractivity contribution in [1.29, 1.82) is 0 Å². The third kappa shape index (κ3) is 2.32. The highest BCUT2D eigenvalue weighted by atomic mass is 35.5. The first-order chi connectivity index (χ1) is 9.16. The predicted octanol–water partition coefficient (Wildman–Crippen LogP) is 3.98. The van der Waals surface area contributed by atoms with E-state index in [4.69, 9.17) is 33.7 Å². The van der Waals surface area contributed by atoms with Crippen LogP contribution in [0.25, 0.3) is 0 Å². The molecule has 1 unspecified atom stereocenters. The van der Waals surface area contributed by atoms with Crippen LogP contribution in [0.5, 0.6) is 5.75 Å². The second-order valence-corrected chi connectivity index (χ2v) is 5.40. The van der Waals surface area contributed by atoms with E-state index in [1.165, 1.54) is 5.56 Å². The third-order valence-corrected chi connectivity index (χ3v) is 4.12. The van der Waals surface area contributed by atoms with Crippen LogP contribution in [-0.4, -0.2) is 6.61 Å². The first kappa shape index (κ1) is 12.8. The zero-order valence-electron chi connectivity index (χ0n) is 10.2. The molecule has 0 spiro atoms. The smallest absolute Gasteiger partial charge is 0.127 e. The molecule has 1 heterocycles. The van der Waals surface area contributed by atoms with Crippen LogP contribution in [0.4, 0.5) is 0 Å². The van der Waals surface area contributed by atoms with Crippen molar-refractivity contribution in [3.63, 3.8) is 0 Å². The predicted molar refractivity (Wildman–Crippen MR) is 78.1 cm³/mol. The average Bonchev–Trinajstić information content (AvgIpc) is 2.89. The van der Waals surface area contributed by atoms with Gasteiger partial charge in [0.15, 0.2) is 0 Å². The Kier molecular flexibility index (Phi) is 3.40. The molecular formula is C15H13Cl2NO. The molecule has 1 aliphatic heterocycles. The Hall–Kier alpha value is -1.22. The van der Waals surface area contributed by atoms with Gasteiger partial charge in [0.05, 0.1) is 22.7 Å². The first-order valence-electron chi connectivity index (χ1n) is 6.12. The lowest BCUT2D eigenvalue weighted by molar-refractivity contribution is 0.352. The van der Waals surface area contributed by atoms with E-state index in [0.717, 1.165) is 29.9 Å². The highest BCUT2D eigenvalue weighted by molar-refractivity contribution is 6.42. The molecule has 4 heteroatoms. The van der Waals surface area contributed by atoms with Gasteiger partial charge in [0.25, 0.3) is 0 Å². The molecule has 2 aromatic rings. The lowest BCUT2D eigenvalue weighted by Crippen LogP contribution is -2.13. The molecule has 0 aliphatic carbocycles. The molecule has 0 aromatic heterocycles. The van der Waals surface area contributed by atoms with E-state index in [1.807, 2.05) is 24.3 Å². The summed E-state index contributed by atoms with van der Waals surface area (Å²) in [5.74, 6) is 0.918. The fourth-order valence-corrected chi connectivity index (χ4v) is 2.68. The second-order valence-electron chi connectivity index (χ2n) is 4.59. The molecule has 98 valence electrons. The molecule has 2 N–H and O–H groups in total. The maximum Gasteiger partial charge on any atom is 0.127 e. The maximum absolute atomic E-state index is 6.33. The van der Waals surface area contributed by atoms with Gasteiger partial charge in [-0.1, -0.05) is 47.5 Å². The zero-order valence-corrected chi connectivity index (χ0v) is 11.7. The van der Waals surface area contributed by atoms with E-state index in [1.54, 1.807) is 6.07 Å². The van der Waals surface area contributed by atoms with Crippen LogP contribution in [0.15, 0.2) is 36.4 Å². The fraction of sp³-hybridized carbons (Fsp3) is 0.200. The summed E-state index contributed by atoms with van der Waals surface area (Å²) in [5.41, 5.74) is 9.47.